The van der Waals surface area contributed by atoms with E-state index in [2.05, 4.69) is 11.8 Å². The number of likely N-dealkylation sites (N-methyl/N-ethyl adjacent to an activating group) is 1. The van der Waals surface area contributed by atoms with Gasteiger partial charge in [0.2, 0.25) is 0 Å². The molecule has 7 heteroatoms. The Morgan fingerprint density at radius 1 is 1.08 bits per heavy atom. The van der Waals surface area contributed by atoms with Crippen molar-refractivity contribution in [2.45, 2.75) is 19.8 Å². The molecule has 0 atom stereocenters. The van der Waals surface area contributed by atoms with Gasteiger partial charge in [-0.15, -0.1) is 0 Å². The third kappa shape index (κ3) is 5.29. The molecule has 26 heavy (non-hydrogen) atoms. The first-order chi connectivity index (χ1) is 12.4. The molecular formula is C19H26FN3O3. The second kappa shape index (κ2) is 9.33. The molecular weight excluding hydrogens is 337 g/mol. The molecule has 142 valence electrons. The van der Waals surface area contributed by atoms with Crippen LogP contribution in [-0.4, -0.2) is 40.3 Å². The van der Waals surface area contributed by atoms with E-state index in [-0.39, 0.29) is 17.1 Å². The molecule has 0 aliphatic carbocycles. The highest BCUT2D eigenvalue weighted by atomic mass is 19.1. The van der Waals surface area contributed by atoms with Gasteiger partial charge in [-0.2, -0.15) is 0 Å². The molecule has 1 aromatic heterocycles. The maximum Gasteiger partial charge on any atom is 0.330 e. The summed E-state index contributed by atoms with van der Waals surface area (Å²) in [6.07, 6.45) is 1.50. The summed E-state index contributed by atoms with van der Waals surface area (Å²) in [6.45, 7) is 5.06. The zero-order valence-electron chi connectivity index (χ0n) is 15.6. The van der Waals surface area contributed by atoms with Crippen molar-refractivity contribution in [1.82, 2.24) is 14.0 Å². The van der Waals surface area contributed by atoms with Crippen molar-refractivity contribution in [1.29, 1.82) is 0 Å². The number of benzene rings is 1. The molecule has 2 rings (SSSR count). The van der Waals surface area contributed by atoms with Crippen molar-refractivity contribution in [2.75, 3.05) is 26.2 Å². The summed E-state index contributed by atoms with van der Waals surface area (Å²) >= 11 is 0. The third-order valence-corrected chi connectivity index (χ3v) is 4.47. The highest BCUT2D eigenvalue weighted by Gasteiger charge is 2.08. The van der Waals surface area contributed by atoms with Gasteiger partial charge in [0.05, 0.1) is 0 Å². The number of aryl methyl sites for hydroxylation is 1. The molecule has 1 heterocycles. The predicted octanol–water partition coefficient (Wildman–Crippen LogP) is 1.56. The monoisotopic (exact) mass is 363 g/mol. The van der Waals surface area contributed by atoms with E-state index in [1.54, 1.807) is 19.2 Å². The maximum absolute atomic E-state index is 12.9. The van der Waals surface area contributed by atoms with Crippen LogP contribution in [-0.2, 0) is 20.5 Å². The summed E-state index contributed by atoms with van der Waals surface area (Å²) in [6, 6.07) is 7.50. The Labute approximate surface area is 152 Å². The van der Waals surface area contributed by atoms with Crippen LogP contribution in [0.1, 0.15) is 19.0 Å². The second-order valence-electron chi connectivity index (χ2n) is 6.21. The average molecular weight is 363 g/mol. The molecule has 0 unspecified atom stereocenters. The first-order valence-electron chi connectivity index (χ1n) is 8.79. The number of halogens is 1. The number of nitrogens with zero attached hydrogens (tertiary/aromatic N) is 3. The van der Waals surface area contributed by atoms with Crippen molar-refractivity contribution < 1.29 is 9.13 Å². The van der Waals surface area contributed by atoms with Crippen molar-refractivity contribution in [3.8, 4) is 5.75 Å². The van der Waals surface area contributed by atoms with Crippen LogP contribution in [0.3, 0.4) is 0 Å². The molecule has 0 bridgehead atoms. The van der Waals surface area contributed by atoms with Crippen LogP contribution in [0.4, 0.5) is 4.39 Å². The summed E-state index contributed by atoms with van der Waals surface area (Å²) in [5.74, 6) is 0.371. The summed E-state index contributed by atoms with van der Waals surface area (Å²) in [5.41, 5.74) is 0.174. The fraction of sp³-hybridized carbons (Fsp3) is 0.474. The molecule has 0 radical (unpaired) electrons. The molecule has 0 saturated carbocycles. The van der Waals surface area contributed by atoms with E-state index in [0.717, 1.165) is 36.3 Å². The third-order valence-electron chi connectivity index (χ3n) is 4.47. The molecule has 0 N–H and O–H groups in total. The Kier molecular flexibility index (Phi) is 7.15. The SMILES string of the molecule is CCN(CCCc1cc(=O)n(C)c(=O)n1C)CCOc1ccc(F)cc1. The quantitative estimate of drug-likeness (QED) is 0.678. The van der Waals surface area contributed by atoms with Gasteiger partial charge in [0.25, 0.3) is 5.56 Å². The molecule has 0 aliphatic rings. The van der Waals surface area contributed by atoms with Gasteiger partial charge in [0, 0.05) is 32.4 Å². The minimum absolute atomic E-state index is 0.275. The summed E-state index contributed by atoms with van der Waals surface area (Å²) in [5, 5.41) is 0. The van der Waals surface area contributed by atoms with Gasteiger partial charge < -0.3 is 14.2 Å². The van der Waals surface area contributed by atoms with Crippen LogP contribution < -0.4 is 16.0 Å². The largest absolute Gasteiger partial charge is 0.492 e. The van der Waals surface area contributed by atoms with Crippen LogP contribution in [0.2, 0.25) is 0 Å². The van der Waals surface area contributed by atoms with Gasteiger partial charge in [0.1, 0.15) is 18.2 Å². The van der Waals surface area contributed by atoms with Crippen LogP contribution >= 0.6 is 0 Å². The van der Waals surface area contributed by atoms with E-state index in [9.17, 15) is 14.0 Å². The van der Waals surface area contributed by atoms with Gasteiger partial charge >= 0.3 is 5.69 Å². The fourth-order valence-corrected chi connectivity index (χ4v) is 2.75. The van der Waals surface area contributed by atoms with Crippen molar-refractivity contribution in [2.24, 2.45) is 14.1 Å². The number of rotatable bonds is 9. The van der Waals surface area contributed by atoms with Crippen molar-refractivity contribution in [3.63, 3.8) is 0 Å². The standard InChI is InChI=1S/C19H26FN3O3/c1-4-23(12-13-26-17-9-7-15(20)8-10-17)11-5-6-16-14-18(24)22(3)19(25)21(16)2/h7-10,14H,4-6,11-13H2,1-3H3. The van der Waals surface area contributed by atoms with E-state index in [0.29, 0.717) is 18.8 Å². The summed E-state index contributed by atoms with van der Waals surface area (Å²) in [4.78, 5) is 25.9. The number of hydrogen-bond acceptors (Lipinski definition) is 4. The summed E-state index contributed by atoms with van der Waals surface area (Å²) < 4.78 is 21.1. The lowest BCUT2D eigenvalue weighted by Gasteiger charge is -2.20. The lowest BCUT2D eigenvalue weighted by atomic mass is 10.2. The van der Waals surface area contributed by atoms with E-state index < -0.39 is 0 Å². The van der Waals surface area contributed by atoms with Gasteiger partial charge in [-0.1, -0.05) is 6.92 Å². The van der Waals surface area contributed by atoms with E-state index in [1.165, 1.54) is 29.8 Å². The maximum atomic E-state index is 12.9. The molecule has 1 aromatic carbocycles. The number of ether oxygens (including phenoxy) is 1. The highest BCUT2D eigenvalue weighted by molar-refractivity contribution is 5.21. The molecule has 6 nitrogen and oxygen atoms in total. The van der Waals surface area contributed by atoms with Crippen LogP contribution in [0.5, 0.6) is 5.75 Å². The van der Waals surface area contributed by atoms with E-state index in [1.807, 2.05) is 0 Å². The van der Waals surface area contributed by atoms with E-state index >= 15 is 0 Å². The van der Waals surface area contributed by atoms with Crippen LogP contribution in [0, 0.1) is 5.82 Å². The zero-order valence-corrected chi connectivity index (χ0v) is 15.6. The smallest absolute Gasteiger partial charge is 0.330 e. The molecule has 0 amide bonds. The number of hydrogen-bond donors (Lipinski definition) is 0. The van der Waals surface area contributed by atoms with Gasteiger partial charge in [-0.25, -0.2) is 9.18 Å². The van der Waals surface area contributed by atoms with Crippen LogP contribution in [0.15, 0.2) is 39.9 Å². The van der Waals surface area contributed by atoms with Crippen molar-refractivity contribution >= 4 is 0 Å². The topological polar surface area (TPSA) is 56.5 Å². The lowest BCUT2D eigenvalue weighted by molar-refractivity contribution is 0.213. The van der Waals surface area contributed by atoms with Crippen molar-refractivity contribution in [3.05, 3.63) is 62.7 Å². The van der Waals surface area contributed by atoms with Gasteiger partial charge in [-0.05, 0) is 50.2 Å². The first kappa shape index (κ1) is 19.9. The lowest BCUT2D eigenvalue weighted by Crippen LogP contribution is -2.38. The Hall–Kier alpha value is -2.41. The van der Waals surface area contributed by atoms with Gasteiger partial charge in [-0.3, -0.25) is 9.36 Å². The Morgan fingerprint density at radius 2 is 1.77 bits per heavy atom. The predicted molar refractivity (Wildman–Crippen MR) is 99.3 cm³/mol. The minimum atomic E-state index is -0.299. The molecule has 0 spiro atoms. The molecule has 2 aromatic rings. The molecule has 0 saturated heterocycles. The highest BCUT2D eigenvalue weighted by Crippen LogP contribution is 2.11. The fourth-order valence-electron chi connectivity index (χ4n) is 2.75. The second-order valence-corrected chi connectivity index (χ2v) is 6.21. The van der Waals surface area contributed by atoms with Crippen LogP contribution in [0.25, 0.3) is 0 Å². The number of aromatic nitrogens is 2. The summed E-state index contributed by atoms with van der Waals surface area (Å²) in [7, 11) is 3.17. The zero-order chi connectivity index (χ0) is 19.1. The van der Waals surface area contributed by atoms with Gasteiger partial charge in [0.15, 0.2) is 0 Å². The molecule has 0 fully saturated rings. The molecule has 0 aliphatic heterocycles. The Balaban J connectivity index is 1.81. The minimum Gasteiger partial charge on any atom is -0.492 e. The first-order valence-corrected chi connectivity index (χ1v) is 8.79. The van der Waals surface area contributed by atoms with E-state index in [4.69, 9.17) is 4.74 Å². The Bertz CT molecular complexity index is 827. The Morgan fingerprint density at radius 3 is 2.42 bits per heavy atom. The average Bonchev–Trinajstić information content (AvgIpc) is 2.64. The normalized spacial score (nSPS) is 11.1.